The first-order chi connectivity index (χ1) is 13.6. The molecule has 2 heterocycles. The Morgan fingerprint density at radius 1 is 1.04 bits per heavy atom. The average Bonchev–Trinajstić information content (AvgIpc) is 3.18. The molecule has 144 valence electrons. The minimum atomic E-state index is -0.0193. The zero-order chi connectivity index (χ0) is 19.5. The highest BCUT2D eigenvalue weighted by Gasteiger charge is 2.25. The molecule has 4 rings (SSSR count). The molecule has 3 aromatic rings. The summed E-state index contributed by atoms with van der Waals surface area (Å²) in [4.78, 5) is 14.4. The fourth-order valence-corrected chi connectivity index (χ4v) is 3.82. The van der Waals surface area contributed by atoms with E-state index in [1.54, 1.807) is 0 Å². The van der Waals surface area contributed by atoms with E-state index in [2.05, 4.69) is 52.8 Å². The second-order valence-electron chi connectivity index (χ2n) is 7.64. The second kappa shape index (κ2) is 7.89. The topological polar surface area (TPSA) is 61.0 Å². The van der Waals surface area contributed by atoms with Crippen LogP contribution in [0.5, 0.6) is 0 Å². The number of piperidine rings is 1. The van der Waals surface area contributed by atoms with E-state index in [1.807, 2.05) is 36.1 Å². The number of hydrogen-bond acceptors (Lipinski definition) is 2. The third-order valence-electron chi connectivity index (χ3n) is 5.40. The molecular formula is C23H26N4O. The van der Waals surface area contributed by atoms with Gasteiger partial charge in [0.05, 0.1) is 5.69 Å². The number of nitrogens with one attached hydrogen (secondary N) is 2. The van der Waals surface area contributed by atoms with Gasteiger partial charge in [0.1, 0.15) is 0 Å². The number of aromatic nitrogens is 2. The van der Waals surface area contributed by atoms with E-state index in [0.717, 1.165) is 54.1 Å². The summed E-state index contributed by atoms with van der Waals surface area (Å²) in [6.07, 6.45) is 1.88. The summed E-state index contributed by atoms with van der Waals surface area (Å²) < 4.78 is 0. The lowest BCUT2D eigenvalue weighted by molar-refractivity contribution is 0.194. The first-order valence-corrected chi connectivity index (χ1v) is 9.83. The maximum atomic E-state index is 12.5. The van der Waals surface area contributed by atoms with Crippen molar-refractivity contribution in [3.8, 4) is 11.3 Å². The van der Waals surface area contributed by atoms with Gasteiger partial charge in [-0.1, -0.05) is 35.9 Å². The smallest absolute Gasteiger partial charge is 0.321 e. The first kappa shape index (κ1) is 18.3. The molecule has 5 heteroatoms. The number of likely N-dealkylation sites (tertiary alicyclic amines) is 1. The van der Waals surface area contributed by atoms with Gasteiger partial charge in [-0.15, -0.1) is 0 Å². The molecule has 2 N–H and O–H groups in total. The Morgan fingerprint density at radius 3 is 2.46 bits per heavy atom. The minimum Gasteiger partial charge on any atom is -0.324 e. The zero-order valence-corrected chi connectivity index (χ0v) is 16.4. The van der Waals surface area contributed by atoms with Crippen LogP contribution >= 0.6 is 0 Å². The van der Waals surface area contributed by atoms with E-state index >= 15 is 0 Å². The van der Waals surface area contributed by atoms with Crippen LogP contribution in [0.25, 0.3) is 11.3 Å². The summed E-state index contributed by atoms with van der Waals surface area (Å²) in [7, 11) is 0. The number of benzene rings is 2. The van der Waals surface area contributed by atoms with Gasteiger partial charge in [-0.2, -0.15) is 5.10 Å². The molecule has 0 radical (unpaired) electrons. The molecule has 0 bridgehead atoms. The molecule has 1 aromatic heterocycles. The Morgan fingerprint density at radius 2 is 1.75 bits per heavy atom. The van der Waals surface area contributed by atoms with Gasteiger partial charge in [0.2, 0.25) is 0 Å². The molecule has 2 aromatic carbocycles. The molecule has 1 saturated heterocycles. The maximum Gasteiger partial charge on any atom is 0.321 e. The Balaban J connectivity index is 1.36. The molecule has 5 nitrogen and oxygen atoms in total. The van der Waals surface area contributed by atoms with Crippen LogP contribution in [0.2, 0.25) is 0 Å². The van der Waals surface area contributed by atoms with Crippen molar-refractivity contribution < 1.29 is 4.79 Å². The summed E-state index contributed by atoms with van der Waals surface area (Å²) in [6, 6.07) is 18.4. The predicted octanol–water partition coefficient (Wildman–Crippen LogP) is 5.11. The lowest BCUT2D eigenvalue weighted by atomic mass is 9.93. The fraction of sp³-hybridized carbons (Fsp3) is 0.304. The Bertz CT molecular complexity index is 970. The number of nitrogens with zero attached hydrogens (tertiary/aromatic N) is 2. The van der Waals surface area contributed by atoms with Gasteiger partial charge in [0, 0.05) is 36.0 Å². The highest BCUT2D eigenvalue weighted by molar-refractivity contribution is 5.89. The van der Waals surface area contributed by atoms with E-state index in [9.17, 15) is 4.79 Å². The summed E-state index contributed by atoms with van der Waals surface area (Å²) in [6.45, 7) is 5.62. The van der Waals surface area contributed by atoms with Crippen LogP contribution in [0, 0.1) is 13.8 Å². The number of carbonyl (C=O) groups is 1. The fourth-order valence-electron chi connectivity index (χ4n) is 3.82. The first-order valence-electron chi connectivity index (χ1n) is 9.83. The predicted molar refractivity (Wildman–Crippen MR) is 113 cm³/mol. The minimum absolute atomic E-state index is 0.0193. The molecule has 2 amide bonds. The number of rotatable bonds is 3. The van der Waals surface area contributed by atoms with Crippen molar-refractivity contribution in [2.75, 3.05) is 18.4 Å². The monoisotopic (exact) mass is 374 g/mol. The van der Waals surface area contributed by atoms with Crippen LogP contribution in [-0.4, -0.2) is 34.2 Å². The Hall–Kier alpha value is -3.08. The van der Waals surface area contributed by atoms with Crippen molar-refractivity contribution in [2.45, 2.75) is 32.6 Å². The van der Waals surface area contributed by atoms with Gasteiger partial charge in [-0.05, 0) is 56.5 Å². The number of anilines is 1. The molecule has 0 saturated carbocycles. The van der Waals surface area contributed by atoms with Crippen LogP contribution in [0.1, 0.15) is 35.6 Å². The molecule has 0 unspecified atom stereocenters. The lowest BCUT2D eigenvalue weighted by Crippen LogP contribution is -2.40. The van der Waals surface area contributed by atoms with Crippen LogP contribution in [0.3, 0.4) is 0 Å². The molecule has 0 spiro atoms. The van der Waals surface area contributed by atoms with Crippen LogP contribution in [0.4, 0.5) is 10.5 Å². The van der Waals surface area contributed by atoms with Crippen LogP contribution < -0.4 is 5.32 Å². The quantitative estimate of drug-likeness (QED) is 0.669. The van der Waals surface area contributed by atoms with Gasteiger partial charge >= 0.3 is 6.03 Å². The van der Waals surface area contributed by atoms with E-state index in [-0.39, 0.29) is 6.03 Å². The van der Waals surface area contributed by atoms with Gasteiger partial charge < -0.3 is 10.2 Å². The number of carbonyl (C=O) groups excluding carboxylic acids is 1. The number of hydrogen-bond donors (Lipinski definition) is 2. The average molecular weight is 374 g/mol. The molecular weight excluding hydrogens is 348 g/mol. The summed E-state index contributed by atoms with van der Waals surface area (Å²) in [5.41, 5.74) is 6.50. The van der Waals surface area contributed by atoms with E-state index in [4.69, 9.17) is 0 Å². The third kappa shape index (κ3) is 4.09. The molecule has 1 fully saturated rings. The van der Waals surface area contributed by atoms with Crippen molar-refractivity contribution in [2.24, 2.45) is 0 Å². The van der Waals surface area contributed by atoms with Crippen molar-refractivity contribution in [3.05, 3.63) is 71.4 Å². The van der Waals surface area contributed by atoms with Gasteiger partial charge in [0.25, 0.3) is 0 Å². The van der Waals surface area contributed by atoms with E-state index in [1.165, 1.54) is 5.56 Å². The summed E-state index contributed by atoms with van der Waals surface area (Å²) >= 11 is 0. The lowest BCUT2D eigenvalue weighted by Gasteiger charge is -2.31. The maximum absolute atomic E-state index is 12.5. The van der Waals surface area contributed by atoms with Crippen molar-refractivity contribution in [1.82, 2.24) is 15.1 Å². The standard InChI is InChI=1S/C23H26N4O/c1-16-5-3-7-19(13-16)22-15-21(25-26-22)18-9-11-27(12-10-18)23(28)24-20-8-4-6-17(2)14-20/h3-8,13-15,18H,9-12H2,1-2H3,(H,24,28)(H,25,26). The van der Waals surface area contributed by atoms with Crippen LogP contribution in [-0.2, 0) is 0 Å². The summed E-state index contributed by atoms with van der Waals surface area (Å²) in [5.74, 6) is 0.411. The summed E-state index contributed by atoms with van der Waals surface area (Å²) in [5, 5.41) is 10.7. The normalized spacial score (nSPS) is 14.9. The van der Waals surface area contributed by atoms with Gasteiger partial charge in [-0.25, -0.2) is 4.79 Å². The van der Waals surface area contributed by atoms with Gasteiger partial charge in [-0.3, -0.25) is 5.10 Å². The number of aromatic amines is 1. The third-order valence-corrected chi connectivity index (χ3v) is 5.40. The zero-order valence-electron chi connectivity index (χ0n) is 16.4. The van der Waals surface area contributed by atoms with Crippen LogP contribution in [0.15, 0.2) is 54.6 Å². The Labute approximate surface area is 165 Å². The molecule has 1 aliphatic rings. The number of aryl methyl sites for hydroxylation is 2. The van der Waals surface area contributed by atoms with Crippen molar-refractivity contribution in [1.29, 1.82) is 0 Å². The number of amides is 2. The SMILES string of the molecule is Cc1cccc(NC(=O)N2CCC(c3cc(-c4cccc(C)c4)n[nH]3)CC2)c1. The Kier molecular flexibility index (Phi) is 5.15. The highest BCUT2D eigenvalue weighted by atomic mass is 16.2. The van der Waals surface area contributed by atoms with Crippen molar-refractivity contribution >= 4 is 11.7 Å². The largest absolute Gasteiger partial charge is 0.324 e. The number of H-pyrrole nitrogens is 1. The van der Waals surface area contributed by atoms with Crippen molar-refractivity contribution in [3.63, 3.8) is 0 Å². The molecule has 0 atom stereocenters. The number of urea groups is 1. The second-order valence-corrected chi connectivity index (χ2v) is 7.64. The van der Waals surface area contributed by atoms with Gasteiger partial charge in [0.15, 0.2) is 0 Å². The highest BCUT2D eigenvalue weighted by Crippen LogP contribution is 2.29. The van der Waals surface area contributed by atoms with E-state index in [0.29, 0.717) is 5.92 Å². The molecule has 0 aliphatic carbocycles. The molecule has 1 aliphatic heterocycles. The van der Waals surface area contributed by atoms with E-state index < -0.39 is 0 Å². The molecule has 28 heavy (non-hydrogen) atoms.